The van der Waals surface area contributed by atoms with Crippen LogP contribution in [0.15, 0.2) is 69.9 Å². The summed E-state index contributed by atoms with van der Waals surface area (Å²) in [5.74, 6) is 1.72. The Hall–Kier alpha value is -3.26. The van der Waals surface area contributed by atoms with Crippen molar-refractivity contribution in [1.29, 1.82) is 0 Å². The number of hydrogen-bond acceptors (Lipinski definition) is 5. The number of carbonyl (C=O) groups excluding carboxylic acids is 1. The third-order valence-corrected chi connectivity index (χ3v) is 5.24. The minimum atomic E-state index is -0.109. The van der Waals surface area contributed by atoms with Crippen molar-refractivity contribution in [3.8, 4) is 11.4 Å². The lowest BCUT2D eigenvalue weighted by molar-refractivity contribution is 0.0769. The largest absolute Gasteiger partial charge is 0.337 e. The van der Waals surface area contributed by atoms with Crippen molar-refractivity contribution in [3.63, 3.8) is 0 Å². The smallest absolute Gasteiger partial charge is 0.254 e. The Morgan fingerprint density at radius 3 is 2.70 bits per heavy atom. The SMILES string of the molecule is Cc1nccn1Cc1ccc(C(=O)N(C)Cc2nc(-c3cccc(Br)c3)no2)cc1. The molecule has 2 aromatic heterocycles. The monoisotopic (exact) mass is 465 g/mol. The van der Waals surface area contributed by atoms with Gasteiger partial charge >= 0.3 is 0 Å². The van der Waals surface area contributed by atoms with E-state index < -0.39 is 0 Å². The van der Waals surface area contributed by atoms with Crippen molar-refractivity contribution >= 4 is 21.8 Å². The minimum absolute atomic E-state index is 0.109. The molecule has 0 fully saturated rings. The van der Waals surface area contributed by atoms with E-state index >= 15 is 0 Å². The molecule has 0 saturated carbocycles. The summed E-state index contributed by atoms with van der Waals surface area (Å²) in [6, 6.07) is 15.2. The van der Waals surface area contributed by atoms with E-state index in [0.717, 1.165) is 28.0 Å². The molecule has 0 bridgehead atoms. The lowest BCUT2D eigenvalue weighted by Crippen LogP contribution is -2.26. The summed E-state index contributed by atoms with van der Waals surface area (Å²) in [6.07, 6.45) is 3.72. The van der Waals surface area contributed by atoms with Crippen molar-refractivity contribution < 1.29 is 9.32 Å². The van der Waals surface area contributed by atoms with Gasteiger partial charge in [-0.15, -0.1) is 0 Å². The molecule has 30 heavy (non-hydrogen) atoms. The van der Waals surface area contributed by atoms with E-state index in [1.807, 2.05) is 61.7 Å². The Balaban J connectivity index is 1.41. The van der Waals surface area contributed by atoms with E-state index in [2.05, 4.69) is 35.6 Å². The lowest BCUT2D eigenvalue weighted by atomic mass is 10.1. The Labute approximate surface area is 182 Å². The fourth-order valence-electron chi connectivity index (χ4n) is 3.08. The van der Waals surface area contributed by atoms with E-state index in [4.69, 9.17) is 4.52 Å². The number of halogens is 1. The van der Waals surface area contributed by atoms with Gasteiger partial charge in [0.1, 0.15) is 5.82 Å². The van der Waals surface area contributed by atoms with Crippen molar-refractivity contribution in [2.45, 2.75) is 20.0 Å². The third-order valence-electron chi connectivity index (χ3n) is 4.75. The van der Waals surface area contributed by atoms with Gasteiger partial charge in [0.25, 0.3) is 5.91 Å². The highest BCUT2D eigenvalue weighted by Gasteiger charge is 2.16. The second-order valence-electron chi connectivity index (χ2n) is 6.98. The van der Waals surface area contributed by atoms with Crippen LogP contribution in [0, 0.1) is 6.92 Å². The molecule has 2 aromatic carbocycles. The summed E-state index contributed by atoms with van der Waals surface area (Å²) in [7, 11) is 1.72. The van der Waals surface area contributed by atoms with Crippen LogP contribution in [0.2, 0.25) is 0 Å². The highest BCUT2D eigenvalue weighted by molar-refractivity contribution is 9.10. The van der Waals surface area contributed by atoms with Crippen LogP contribution in [0.3, 0.4) is 0 Å². The van der Waals surface area contributed by atoms with Crippen molar-refractivity contribution in [2.24, 2.45) is 0 Å². The summed E-state index contributed by atoms with van der Waals surface area (Å²) in [5, 5.41) is 4.01. The van der Waals surface area contributed by atoms with Crippen LogP contribution in [-0.2, 0) is 13.1 Å². The zero-order valence-electron chi connectivity index (χ0n) is 16.6. The summed E-state index contributed by atoms with van der Waals surface area (Å²) in [4.78, 5) is 23.0. The molecule has 8 heteroatoms. The summed E-state index contributed by atoms with van der Waals surface area (Å²) in [6.45, 7) is 2.92. The van der Waals surface area contributed by atoms with Crippen molar-refractivity contribution in [1.82, 2.24) is 24.6 Å². The first kappa shape index (κ1) is 20.0. The van der Waals surface area contributed by atoms with Crippen molar-refractivity contribution in [3.05, 3.63) is 88.2 Å². The van der Waals surface area contributed by atoms with Gasteiger partial charge in [-0.1, -0.05) is 45.4 Å². The first-order chi connectivity index (χ1) is 14.5. The average Bonchev–Trinajstić information content (AvgIpc) is 3.37. The summed E-state index contributed by atoms with van der Waals surface area (Å²) >= 11 is 3.43. The normalized spacial score (nSPS) is 10.9. The number of hydrogen-bond donors (Lipinski definition) is 0. The van der Waals surface area contributed by atoms with E-state index in [-0.39, 0.29) is 12.5 Å². The molecular formula is C22H20BrN5O2. The Bertz CT molecular complexity index is 1170. The first-order valence-corrected chi connectivity index (χ1v) is 10.2. The molecule has 0 radical (unpaired) electrons. The zero-order valence-corrected chi connectivity index (χ0v) is 18.2. The average molecular weight is 466 g/mol. The van der Waals surface area contributed by atoms with E-state index in [9.17, 15) is 4.79 Å². The molecule has 152 valence electrons. The van der Waals surface area contributed by atoms with Crippen LogP contribution in [0.5, 0.6) is 0 Å². The van der Waals surface area contributed by atoms with E-state index in [1.165, 1.54) is 0 Å². The van der Waals surface area contributed by atoms with Crippen LogP contribution in [0.1, 0.15) is 27.6 Å². The standard InChI is InChI=1S/C22H20BrN5O2/c1-15-24-10-11-28(15)13-16-6-8-17(9-7-16)22(29)27(2)14-20-25-21(26-30-20)18-4-3-5-19(23)12-18/h3-12H,13-14H2,1-2H3. The van der Waals surface area contributed by atoms with Gasteiger partial charge in [-0.2, -0.15) is 4.98 Å². The molecular weight excluding hydrogens is 446 g/mol. The Morgan fingerprint density at radius 2 is 2.00 bits per heavy atom. The minimum Gasteiger partial charge on any atom is -0.337 e. The van der Waals surface area contributed by atoms with Crippen LogP contribution in [-0.4, -0.2) is 37.5 Å². The van der Waals surface area contributed by atoms with Crippen LogP contribution < -0.4 is 0 Å². The van der Waals surface area contributed by atoms with Gasteiger partial charge in [0.2, 0.25) is 11.7 Å². The molecule has 4 rings (SSSR count). The molecule has 0 spiro atoms. The highest BCUT2D eigenvalue weighted by atomic mass is 79.9. The van der Waals surface area contributed by atoms with Crippen molar-refractivity contribution in [2.75, 3.05) is 7.05 Å². The van der Waals surface area contributed by atoms with Gasteiger partial charge < -0.3 is 14.0 Å². The van der Waals surface area contributed by atoms with Gasteiger partial charge in [-0.05, 0) is 36.8 Å². The second-order valence-corrected chi connectivity index (χ2v) is 7.90. The maximum atomic E-state index is 12.8. The molecule has 0 aliphatic rings. The lowest BCUT2D eigenvalue weighted by Gasteiger charge is -2.15. The molecule has 1 amide bonds. The van der Waals surface area contributed by atoms with Gasteiger partial charge in [0.15, 0.2) is 0 Å². The predicted molar refractivity (Wildman–Crippen MR) is 116 cm³/mol. The number of carbonyl (C=O) groups is 1. The van der Waals surface area contributed by atoms with Gasteiger partial charge in [-0.25, -0.2) is 4.98 Å². The quantitative estimate of drug-likeness (QED) is 0.423. The fourth-order valence-corrected chi connectivity index (χ4v) is 3.48. The predicted octanol–water partition coefficient (Wildman–Crippen LogP) is 4.32. The van der Waals surface area contributed by atoms with Gasteiger partial charge in [-0.3, -0.25) is 4.79 Å². The maximum absolute atomic E-state index is 12.8. The highest BCUT2D eigenvalue weighted by Crippen LogP contribution is 2.21. The van der Waals surface area contributed by atoms with Crippen LogP contribution in [0.25, 0.3) is 11.4 Å². The zero-order chi connectivity index (χ0) is 21.1. The summed E-state index contributed by atoms with van der Waals surface area (Å²) < 4.78 is 8.32. The fraction of sp³-hybridized carbons (Fsp3) is 0.182. The Kier molecular flexibility index (Phi) is 5.76. The molecule has 0 aliphatic heterocycles. The first-order valence-electron chi connectivity index (χ1n) is 9.40. The van der Waals surface area contributed by atoms with Crippen LogP contribution >= 0.6 is 15.9 Å². The molecule has 4 aromatic rings. The number of imidazole rings is 1. The Morgan fingerprint density at radius 1 is 1.20 bits per heavy atom. The van der Waals surface area contributed by atoms with Gasteiger partial charge in [0.05, 0.1) is 6.54 Å². The van der Waals surface area contributed by atoms with Crippen LogP contribution in [0.4, 0.5) is 0 Å². The maximum Gasteiger partial charge on any atom is 0.254 e. The van der Waals surface area contributed by atoms with Gasteiger partial charge in [0, 0.05) is 41.6 Å². The molecule has 2 heterocycles. The van der Waals surface area contributed by atoms with E-state index in [1.54, 1.807) is 18.1 Å². The molecule has 0 atom stereocenters. The van der Waals surface area contributed by atoms with E-state index in [0.29, 0.717) is 17.3 Å². The molecule has 7 nitrogen and oxygen atoms in total. The number of benzene rings is 2. The summed E-state index contributed by atoms with van der Waals surface area (Å²) in [5.41, 5.74) is 2.55. The topological polar surface area (TPSA) is 77.1 Å². The number of nitrogens with zero attached hydrogens (tertiary/aromatic N) is 5. The number of rotatable bonds is 6. The number of amides is 1. The third kappa shape index (κ3) is 4.49. The molecule has 0 saturated heterocycles. The second kappa shape index (κ2) is 8.62. The molecule has 0 aliphatic carbocycles. The molecule has 0 unspecified atom stereocenters. The number of aryl methyl sites for hydroxylation is 1. The molecule has 0 N–H and O–H groups in total. The number of aromatic nitrogens is 4.